The van der Waals surface area contributed by atoms with E-state index in [-0.39, 0.29) is 28.9 Å². The van der Waals surface area contributed by atoms with Crippen LogP contribution in [0.3, 0.4) is 0 Å². The first-order chi connectivity index (χ1) is 18.0. The van der Waals surface area contributed by atoms with E-state index in [4.69, 9.17) is 0 Å². The van der Waals surface area contributed by atoms with Crippen molar-refractivity contribution in [3.8, 4) is 45.3 Å². The van der Waals surface area contributed by atoms with Gasteiger partial charge in [0.2, 0.25) is 0 Å². The highest BCUT2D eigenvalue weighted by Crippen LogP contribution is 2.43. The molecule has 3 nitrogen and oxygen atoms in total. The van der Waals surface area contributed by atoms with Crippen molar-refractivity contribution in [3.05, 3.63) is 114 Å². The van der Waals surface area contributed by atoms with Crippen LogP contribution in [0.5, 0.6) is 5.75 Å². The van der Waals surface area contributed by atoms with E-state index in [1.807, 2.05) is 0 Å². The zero-order valence-electron chi connectivity index (χ0n) is 19.4. The average molecular weight is 524 g/mol. The number of hydrogen-bond donors (Lipinski definition) is 1. The number of halogens is 6. The molecule has 0 spiro atoms. The van der Waals surface area contributed by atoms with Gasteiger partial charge in [-0.1, -0.05) is 72.8 Å². The molecule has 0 amide bonds. The second-order valence-corrected chi connectivity index (χ2v) is 8.48. The highest BCUT2D eigenvalue weighted by Gasteiger charge is 2.38. The minimum absolute atomic E-state index is 0.0201. The number of alkyl halides is 6. The molecule has 4 aromatic carbocycles. The van der Waals surface area contributed by atoms with Crippen molar-refractivity contribution in [1.29, 1.82) is 0 Å². The molecular weight excluding hydrogens is 506 g/mol. The third-order valence-electron chi connectivity index (χ3n) is 5.95. The number of para-hydroxylation sites is 1. The summed E-state index contributed by atoms with van der Waals surface area (Å²) in [6, 6.07) is 24.7. The van der Waals surface area contributed by atoms with E-state index in [0.717, 1.165) is 0 Å². The smallest absolute Gasteiger partial charge is 0.416 e. The highest BCUT2D eigenvalue weighted by atomic mass is 19.4. The van der Waals surface area contributed by atoms with Crippen molar-refractivity contribution < 1.29 is 31.4 Å². The van der Waals surface area contributed by atoms with Gasteiger partial charge in [-0.05, 0) is 30.3 Å². The Hall–Kier alpha value is -4.53. The quantitative estimate of drug-likeness (QED) is 0.239. The van der Waals surface area contributed by atoms with Crippen molar-refractivity contribution in [2.75, 3.05) is 0 Å². The fourth-order valence-electron chi connectivity index (χ4n) is 4.24. The standard InChI is InChI=1S/C29H18F6N2O/c30-28(31,32)20-15-21(29(33,34)35)17-22(16-20)37-26(19-11-5-2-6-12-19)25(18-9-3-1-4-10-18)36-27(37)23-13-7-8-14-24(23)38/h1-17,38H. The van der Waals surface area contributed by atoms with E-state index in [1.54, 1.807) is 72.8 Å². The molecule has 192 valence electrons. The third-order valence-corrected chi connectivity index (χ3v) is 5.95. The molecule has 38 heavy (non-hydrogen) atoms. The molecule has 0 saturated carbocycles. The van der Waals surface area contributed by atoms with Crippen LogP contribution in [0.4, 0.5) is 26.3 Å². The molecule has 1 heterocycles. The number of aromatic hydroxyl groups is 1. The molecule has 0 bridgehead atoms. The van der Waals surface area contributed by atoms with Crippen LogP contribution in [0.2, 0.25) is 0 Å². The van der Waals surface area contributed by atoms with E-state index in [0.29, 0.717) is 29.0 Å². The summed E-state index contributed by atoms with van der Waals surface area (Å²) in [4.78, 5) is 4.69. The molecule has 0 aliphatic rings. The number of phenols is 1. The van der Waals surface area contributed by atoms with Crippen molar-refractivity contribution >= 4 is 0 Å². The molecule has 1 N–H and O–H groups in total. The molecule has 5 rings (SSSR count). The Morgan fingerprint density at radius 3 is 1.63 bits per heavy atom. The number of rotatable bonds is 4. The second-order valence-electron chi connectivity index (χ2n) is 8.48. The summed E-state index contributed by atoms with van der Waals surface area (Å²) in [6.07, 6.45) is -10.1. The van der Waals surface area contributed by atoms with Gasteiger partial charge in [-0.2, -0.15) is 26.3 Å². The summed E-state index contributed by atoms with van der Waals surface area (Å²) in [7, 11) is 0. The first-order valence-electron chi connectivity index (χ1n) is 11.4. The van der Waals surface area contributed by atoms with Crippen LogP contribution in [0.25, 0.3) is 39.6 Å². The molecule has 0 atom stereocenters. The van der Waals surface area contributed by atoms with Gasteiger partial charge in [0.15, 0.2) is 0 Å². The fraction of sp³-hybridized carbons (Fsp3) is 0.0690. The summed E-state index contributed by atoms with van der Waals surface area (Å²) < 4.78 is 84.0. The largest absolute Gasteiger partial charge is 0.507 e. The Morgan fingerprint density at radius 1 is 0.605 bits per heavy atom. The predicted molar refractivity (Wildman–Crippen MR) is 132 cm³/mol. The molecule has 0 radical (unpaired) electrons. The Bertz CT molecular complexity index is 1560. The minimum Gasteiger partial charge on any atom is -0.507 e. The van der Waals surface area contributed by atoms with Gasteiger partial charge in [-0.3, -0.25) is 4.57 Å². The monoisotopic (exact) mass is 524 g/mol. The van der Waals surface area contributed by atoms with E-state index < -0.39 is 29.2 Å². The lowest BCUT2D eigenvalue weighted by molar-refractivity contribution is -0.143. The zero-order valence-corrected chi connectivity index (χ0v) is 19.4. The summed E-state index contributed by atoms with van der Waals surface area (Å²) in [5.74, 6) is -0.255. The first-order valence-corrected chi connectivity index (χ1v) is 11.4. The normalized spacial score (nSPS) is 12.1. The Morgan fingerprint density at radius 2 is 1.11 bits per heavy atom. The van der Waals surface area contributed by atoms with Gasteiger partial charge in [0.05, 0.1) is 28.1 Å². The van der Waals surface area contributed by atoms with Gasteiger partial charge < -0.3 is 5.11 Å². The lowest BCUT2D eigenvalue weighted by atomic mass is 10.0. The van der Waals surface area contributed by atoms with Crippen molar-refractivity contribution in [1.82, 2.24) is 9.55 Å². The van der Waals surface area contributed by atoms with Gasteiger partial charge in [0.1, 0.15) is 11.6 Å². The van der Waals surface area contributed by atoms with Crippen LogP contribution in [0.15, 0.2) is 103 Å². The average Bonchev–Trinajstić information content (AvgIpc) is 3.29. The number of benzene rings is 4. The molecular formula is C29H18F6N2O. The van der Waals surface area contributed by atoms with Crippen molar-refractivity contribution in [2.45, 2.75) is 12.4 Å². The number of hydrogen-bond acceptors (Lipinski definition) is 2. The van der Waals surface area contributed by atoms with Gasteiger partial charge >= 0.3 is 12.4 Å². The molecule has 9 heteroatoms. The maximum absolute atomic E-state index is 13.8. The zero-order chi connectivity index (χ0) is 27.1. The molecule has 0 aliphatic heterocycles. The third kappa shape index (κ3) is 4.74. The lowest BCUT2D eigenvalue weighted by Crippen LogP contribution is -2.13. The van der Waals surface area contributed by atoms with Crippen LogP contribution >= 0.6 is 0 Å². The predicted octanol–water partition coefficient (Wildman–Crippen LogP) is 8.62. The van der Waals surface area contributed by atoms with Gasteiger partial charge in [0.25, 0.3) is 0 Å². The minimum atomic E-state index is -5.04. The van der Waals surface area contributed by atoms with Gasteiger partial charge in [0, 0.05) is 16.8 Å². The molecule has 0 unspecified atom stereocenters. The van der Waals surface area contributed by atoms with Crippen LogP contribution in [0.1, 0.15) is 11.1 Å². The summed E-state index contributed by atoms with van der Waals surface area (Å²) in [6.45, 7) is 0. The molecule has 0 fully saturated rings. The molecule has 1 aromatic heterocycles. The molecule has 0 aliphatic carbocycles. The summed E-state index contributed by atoms with van der Waals surface area (Å²) in [5.41, 5.74) is -1.50. The van der Waals surface area contributed by atoms with Crippen LogP contribution in [-0.4, -0.2) is 14.7 Å². The van der Waals surface area contributed by atoms with E-state index in [1.165, 1.54) is 16.7 Å². The number of phenolic OH excluding ortho intramolecular Hbond substituents is 1. The molecule has 0 saturated heterocycles. The van der Waals surface area contributed by atoms with Crippen LogP contribution in [-0.2, 0) is 12.4 Å². The van der Waals surface area contributed by atoms with Crippen molar-refractivity contribution in [2.24, 2.45) is 0 Å². The van der Waals surface area contributed by atoms with E-state index in [9.17, 15) is 31.4 Å². The number of aromatic nitrogens is 2. The Kier molecular flexibility index (Phi) is 6.22. The van der Waals surface area contributed by atoms with E-state index in [2.05, 4.69) is 4.98 Å². The maximum Gasteiger partial charge on any atom is 0.416 e. The summed E-state index contributed by atoms with van der Waals surface area (Å²) >= 11 is 0. The number of nitrogens with zero attached hydrogens (tertiary/aromatic N) is 2. The SMILES string of the molecule is Oc1ccccc1-c1nc(-c2ccccc2)c(-c2ccccc2)n1-c1cc(C(F)(F)F)cc(C(F)(F)F)c1. The molecule has 5 aromatic rings. The summed E-state index contributed by atoms with van der Waals surface area (Å²) in [5, 5.41) is 10.6. The Balaban J connectivity index is 1.95. The van der Waals surface area contributed by atoms with Crippen molar-refractivity contribution in [3.63, 3.8) is 0 Å². The van der Waals surface area contributed by atoms with Crippen LogP contribution in [0, 0.1) is 0 Å². The topological polar surface area (TPSA) is 38.1 Å². The fourth-order valence-corrected chi connectivity index (χ4v) is 4.24. The Labute approximate surface area is 213 Å². The van der Waals surface area contributed by atoms with Gasteiger partial charge in [-0.25, -0.2) is 4.98 Å². The van der Waals surface area contributed by atoms with E-state index >= 15 is 0 Å². The lowest BCUT2D eigenvalue weighted by Gasteiger charge is -2.18. The first kappa shape index (κ1) is 25.1. The van der Waals surface area contributed by atoms with Gasteiger partial charge in [-0.15, -0.1) is 0 Å². The van der Waals surface area contributed by atoms with Crippen LogP contribution < -0.4 is 0 Å². The highest BCUT2D eigenvalue weighted by molar-refractivity contribution is 5.85. The maximum atomic E-state index is 13.8. The number of imidazole rings is 1. The second kappa shape index (κ2) is 9.41.